The van der Waals surface area contributed by atoms with Crippen LogP contribution in [0.15, 0.2) is 60.0 Å². The van der Waals surface area contributed by atoms with Gasteiger partial charge in [0.1, 0.15) is 18.1 Å². The van der Waals surface area contributed by atoms with Crippen LogP contribution in [-0.4, -0.2) is 34.6 Å². The van der Waals surface area contributed by atoms with Crippen molar-refractivity contribution in [3.8, 4) is 11.5 Å². The number of hydrogen-bond acceptors (Lipinski definition) is 5. The molecule has 0 aliphatic rings. The number of sulfonamides is 1. The third kappa shape index (κ3) is 5.24. The Balaban J connectivity index is 2.32. The summed E-state index contributed by atoms with van der Waals surface area (Å²) in [5.41, 5.74) is 0.484. The van der Waals surface area contributed by atoms with Gasteiger partial charge in [-0.1, -0.05) is 18.7 Å². The van der Waals surface area contributed by atoms with Crippen molar-refractivity contribution < 1.29 is 22.7 Å². The molecular formula is C19H22N2O5S. The van der Waals surface area contributed by atoms with Crippen molar-refractivity contribution in [3.63, 3.8) is 0 Å². The highest BCUT2D eigenvalue weighted by Crippen LogP contribution is 2.25. The van der Waals surface area contributed by atoms with E-state index < -0.39 is 15.9 Å². The van der Waals surface area contributed by atoms with Gasteiger partial charge in [-0.15, -0.1) is 0 Å². The standard InChI is InChI=1S/C19H22N2O5S/c1-4-11-26-15-8-6-7-14(12-15)21-27(23,24)16-9-10-18(25-3)17(13-16)19(22)20-5-2/h4,6-10,12-13,21H,1,5,11H2,2-3H3,(H,20,22). The number of ether oxygens (including phenoxy) is 2. The minimum absolute atomic E-state index is 0.0537. The maximum atomic E-state index is 12.7. The molecule has 0 heterocycles. The van der Waals surface area contributed by atoms with Crippen molar-refractivity contribution in [1.29, 1.82) is 0 Å². The molecule has 0 saturated carbocycles. The van der Waals surface area contributed by atoms with Crippen molar-refractivity contribution in [2.45, 2.75) is 11.8 Å². The van der Waals surface area contributed by atoms with Crippen LogP contribution < -0.4 is 19.5 Å². The Hall–Kier alpha value is -3.00. The first-order valence-corrected chi connectivity index (χ1v) is 9.72. The number of amides is 1. The van der Waals surface area contributed by atoms with Crippen LogP contribution in [0.1, 0.15) is 17.3 Å². The van der Waals surface area contributed by atoms with Crippen molar-refractivity contribution >= 4 is 21.6 Å². The lowest BCUT2D eigenvalue weighted by atomic mass is 10.2. The lowest BCUT2D eigenvalue weighted by molar-refractivity contribution is 0.0952. The summed E-state index contributed by atoms with van der Waals surface area (Å²) in [6.07, 6.45) is 1.59. The second-order valence-electron chi connectivity index (χ2n) is 5.45. The zero-order valence-corrected chi connectivity index (χ0v) is 16.0. The SMILES string of the molecule is C=CCOc1cccc(NS(=O)(=O)c2ccc(OC)c(C(=O)NCC)c2)c1. The molecule has 144 valence electrons. The number of nitrogens with one attached hydrogen (secondary N) is 2. The Morgan fingerprint density at radius 3 is 2.67 bits per heavy atom. The molecule has 0 saturated heterocycles. The quantitative estimate of drug-likeness (QED) is 0.642. The largest absolute Gasteiger partial charge is 0.496 e. The normalized spacial score (nSPS) is 10.7. The van der Waals surface area contributed by atoms with E-state index in [2.05, 4.69) is 16.6 Å². The Morgan fingerprint density at radius 1 is 1.22 bits per heavy atom. The molecule has 0 aromatic heterocycles. The molecule has 7 nitrogen and oxygen atoms in total. The second kappa shape index (κ2) is 9.09. The second-order valence-corrected chi connectivity index (χ2v) is 7.14. The van der Waals surface area contributed by atoms with Crippen LogP contribution in [0.25, 0.3) is 0 Å². The molecule has 8 heteroatoms. The first kappa shape index (κ1) is 20.3. The number of rotatable bonds is 9. The summed E-state index contributed by atoms with van der Waals surface area (Å²) in [7, 11) is -2.49. The van der Waals surface area contributed by atoms with E-state index >= 15 is 0 Å². The lowest BCUT2D eigenvalue weighted by Crippen LogP contribution is -2.24. The summed E-state index contributed by atoms with van der Waals surface area (Å²) in [5.74, 6) is 0.388. The smallest absolute Gasteiger partial charge is 0.261 e. The van der Waals surface area contributed by atoms with Gasteiger partial charge >= 0.3 is 0 Å². The highest BCUT2D eigenvalue weighted by Gasteiger charge is 2.20. The average Bonchev–Trinajstić information content (AvgIpc) is 2.66. The maximum absolute atomic E-state index is 12.7. The minimum atomic E-state index is -3.91. The lowest BCUT2D eigenvalue weighted by Gasteiger charge is -2.13. The van der Waals surface area contributed by atoms with Crippen LogP contribution in [0.4, 0.5) is 5.69 Å². The van der Waals surface area contributed by atoms with Gasteiger partial charge < -0.3 is 14.8 Å². The molecule has 27 heavy (non-hydrogen) atoms. The number of carbonyl (C=O) groups excluding carboxylic acids is 1. The van der Waals surface area contributed by atoms with Crippen LogP contribution in [0, 0.1) is 0 Å². The van der Waals surface area contributed by atoms with Gasteiger partial charge in [-0.05, 0) is 37.3 Å². The molecular weight excluding hydrogens is 368 g/mol. The van der Waals surface area contributed by atoms with Gasteiger partial charge in [0.15, 0.2) is 0 Å². The van der Waals surface area contributed by atoms with Crippen LogP contribution in [0.5, 0.6) is 11.5 Å². The van der Waals surface area contributed by atoms with Gasteiger partial charge in [0.05, 0.1) is 23.3 Å². The Morgan fingerprint density at radius 2 is 2.00 bits per heavy atom. The first-order valence-electron chi connectivity index (χ1n) is 8.24. The third-order valence-corrected chi connectivity index (χ3v) is 4.90. The monoisotopic (exact) mass is 390 g/mol. The zero-order valence-electron chi connectivity index (χ0n) is 15.2. The van der Waals surface area contributed by atoms with Gasteiger partial charge in [0.25, 0.3) is 15.9 Å². The summed E-state index contributed by atoms with van der Waals surface area (Å²) in [6, 6.07) is 10.7. The molecule has 2 aromatic carbocycles. The first-order chi connectivity index (χ1) is 12.9. The molecule has 0 unspecified atom stereocenters. The third-order valence-electron chi connectivity index (χ3n) is 3.52. The summed E-state index contributed by atoms with van der Waals surface area (Å²) in [5, 5.41) is 2.63. The molecule has 0 bridgehead atoms. The Bertz CT molecular complexity index is 925. The van der Waals surface area contributed by atoms with Crippen LogP contribution >= 0.6 is 0 Å². The molecule has 0 fully saturated rings. The van der Waals surface area contributed by atoms with E-state index in [9.17, 15) is 13.2 Å². The highest BCUT2D eigenvalue weighted by molar-refractivity contribution is 7.92. The number of benzene rings is 2. The van der Waals surface area contributed by atoms with E-state index in [0.29, 0.717) is 30.3 Å². The Kier molecular flexibility index (Phi) is 6.84. The van der Waals surface area contributed by atoms with Crippen molar-refractivity contribution in [2.75, 3.05) is 25.0 Å². The number of carbonyl (C=O) groups is 1. The highest BCUT2D eigenvalue weighted by atomic mass is 32.2. The summed E-state index contributed by atoms with van der Waals surface area (Å²) < 4.78 is 38.5. The fraction of sp³-hybridized carbons (Fsp3) is 0.211. The van der Waals surface area contributed by atoms with Gasteiger partial charge in [0.2, 0.25) is 0 Å². The molecule has 2 rings (SSSR count). The molecule has 0 atom stereocenters. The van der Waals surface area contributed by atoms with Gasteiger partial charge in [-0.2, -0.15) is 0 Å². The molecule has 1 amide bonds. The van der Waals surface area contributed by atoms with Crippen molar-refractivity contribution in [2.24, 2.45) is 0 Å². The van der Waals surface area contributed by atoms with Gasteiger partial charge in [0, 0.05) is 12.6 Å². The average molecular weight is 390 g/mol. The topological polar surface area (TPSA) is 93.7 Å². The number of anilines is 1. The summed E-state index contributed by atoms with van der Waals surface area (Å²) in [4.78, 5) is 12.1. The van der Waals surface area contributed by atoms with E-state index in [1.165, 1.54) is 25.3 Å². The van der Waals surface area contributed by atoms with Crippen LogP contribution in [-0.2, 0) is 10.0 Å². The predicted octanol–water partition coefficient (Wildman–Crippen LogP) is 2.81. The summed E-state index contributed by atoms with van der Waals surface area (Å²) in [6.45, 7) is 6.06. The summed E-state index contributed by atoms with van der Waals surface area (Å²) >= 11 is 0. The molecule has 0 aliphatic carbocycles. The van der Waals surface area contributed by atoms with Crippen molar-refractivity contribution in [1.82, 2.24) is 5.32 Å². The molecule has 2 N–H and O–H groups in total. The van der Waals surface area contributed by atoms with E-state index in [0.717, 1.165) is 0 Å². The molecule has 0 radical (unpaired) electrons. The van der Waals surface area contributed by atoms with Crippen LogP contribution in [0.2, 0.25) is 0 Å². The molecule has 0 aliphatic heterocycles. The number of methoxy groups -OCH3 is 1. The van der Waals surface area contributed by atoms with Crippen molar-refractivity contribution in [3.05, 3.63) is 60.7 Å². The maximum Gasteiger partial charge on any atom is 0.261 e. The number of hydrogen-bond donors (Lipinski definition) is 2. The molecule has 0 spiro atoms. The van der Waals surface area contributed by atoms with E-state index in [4.69, 9.17) is 9.47 Å². The Labute approximate surface area is 159 Å². The van der Waals surface area contributed by atoms with Gasteiger partial charge in [-0.25, -0.2) is 8.42 Å². The molecule has 2 aromatic rings. The predicted molar refractivity (Wildman–Crippen MR) is 104 cm³/mol. The van der Waals surface area contributed by atoms with Gasteiger partial charge in [-0.3, -0.25) is 9.52 Å². The fourth-order valence-corrected chi connectivity index (χ4v) is 3.38. The fourth-order valence-electron chi connectivity index (χ4n) is 2.31. The minimum Gasteiger partial charge on any atom is -0.496 e. The van der Waals surface area contributed by atoms with Crippen LogP contribution in [0.3, 0.4) is 0 Å². The van der Waals surface area contributed by atoms with E-state index in [1.807, 2.05) is 0 Å². The zero-order chi connectivity index (χ0) is 19.9. The van der Waals surface area contributed by atoms with E-state index in [1.54, 1.807) is 37.3 Å². The van der Waals surface area contributed by atoms with E-state index in [-0.39, 0.29) is 10.5 Å².